The largest absolute Gasteiger partial charge is 0.425 e. The Bertz CT molecular complexity index is 425. The highest BCUT2D eigenvalue weighted by Crippen LogP contribution is 2.33. The van der Waals surface area contributed by atoms with Gasteiger partial charge in [-0.25, -0.2) is 0 Å². The van der Waals surface area contributed by atoms with Gasteiger partial charge in [0, 0.05) is 25.3 Å². The zero-order valence-electron chi connectivity index (χ0n) is 12.0. The Morgan fingerprint density at radius 2 is 2.20 bits per heavy atom. The predicted molar refractivity (Wildman–Crippen MR) is 73.1 cm³/mol. The molecule has 0 aliphatic heterocycles. The van der Waals surface area contributed by atoms with Crippen LogP contribution in [0.5, 0.6) is 0 Å². The molecule has 1 aliphatic rings. The number of nitrogens with zero attached hydrogens (tertiary/aromatic N) is 2. The molecule has 1 unspecified atom stereocenters. The minimum absolute atomic E-state index is 0.0498. The lowest BCUT2D eigenvalue weighted by atomic mass is 10.1. The summed E-state index contributed by atoms with van der Waals surface area (Å²) < 4.78 is 5.62. The summed E-state index contributed by atoms with van der Waals surface area (Å²) in [5.74, 6) is 1.63. The molecule has 1 fully saturated rings. The van der Waals surface area contributed by atoms with Crippen LogP contribution in [0.15, 0.2) is 4.42 Å². The molecule has 20 heavy (non-hydrogen) atoms. The van der Waals surface area contributed by atoms with Crippen LogP contribution in [0.4, 0.5) is 0 Å². The van der Waals surface area contributed by atoms with Crippen molar-refractivity contribution in [1.82, 2.24) is 15.5 Å². The third kappa shape index (κ3) is 4.59. The zero-order chi connectivity index (χ0) is 14.4. The monoisotopic (exact) mass is 281 g/mol. The van der Waals surface area contributed by atoms with Crippen molar-refractivity contribution >= 4 is 5.91 Å². The van der Waals surface area contributed by atoms with E-state index in [1.165, 1.54) is 12.8 Å². The number of aromatic nitrogens is 2. The van der Waals surface area contributed by atoms with Gasteiger partial charge in [0.15, 0.2) is 0 Å². The second-order valence-electron chi connectivity index (χ2n) is 5.50. The molecule has 1 saturated carbocycles. The molecule has 0 bridgehead atoms. The number of aliphatic hydroxyl groups is 1. The summed E-state index contributed by atoms with van der Waals surface area (Å²) in [6.07, 6.45) is 5.70. The highest BCUT2D eigenvalue weighted by molar-refractivity contribution is 5.75. The van der Waals surface area contributed by atoms with Crippen molar-refractivity contribution in [2.45, 2.75) is 63.9 Å². The van der Waals surface area contributed by atoms with Gasteiger partial charge >= 0.3 is 0 Å². The maximum Gasteiger partial charge on any atom is 0.220 e. The summed E-state index contributed by atoms with van der Waals surface area (Å²) in [7, 11) is 0. The Hall–Kier alpha value is -1.43. The van der Waals surface area contributed by atoms with Gasteiger partial charge in [-0.15, -0.1) is 10.2 Å². The van der Waals surface area contributed by atoms with E-state index in [2.05, 4.69) is 15.5 Å². The minimum Gasteiger partial charge on any atom is -0.425 e. The molecule has 1 atom stereocenters. The number of aryl methyl sites for hydroxylation is 1. The van der Waals surface area contributed by atoms with E-state index in [-0.39, 0.29) is 12.0 Å². The van der Waals surface area contributed by atoms with Crippen LogP contribution in [0.1, 0.15) is 63.1 Å². The van der Waals surface area contributed by atoms with Crippen molar-refractivity contribution in [3.05, 3.63) is 11.8 Å². The number of nitrogens with one attached hydrogen (secondary N) is 1. The molecule has 0 radical (unpaired) electrons. The number of rotatable bonds is 7. The lowest BCUT2D eigenvalue weighted by Gasteiger charge is -2.05. The zero-order valence-corrected chi connectivity index (χ0v) is 12.0. The smallest absolute Gasteiger partial charge is 0.220 e. The van der Waals surface area contributed by atoms with E-state index >= 15 is 0 Å². The molecule has 0 aromatic carbocycles. The normalized spacial score (nSPS) is 17.3. The molecule has 0 spiro atoms. The van der Waals surface area contributed by atoms with Gasteiger partial charge < -0.3 is 14.8 Å². The van der Waals surface area contributed by atoms with Gasteiger partial charge in [-0.3, -0.25) is 4.79 Å². The first-order valence-electron chi connectivity index (χ1n) is 7.42. The molecule has 1 amide bonds. The molecule has 1 aromatic heterocycles. The summed E-state index contributed by atoms with van der Waals surface area (Å²) in [6, 6.07) is 0. The van der Waals surface area contributed by atoms with Crippen LogP contribution in [0, 0.1) is 0 Å². The first-order chi connectivity index (χ1) is 9.65. The van der Waals surface area contributed by atoms with Gasteiger partial charge in [-0.2, -0.15) is 0 Å². The van der Waals surface area contributed by atoms with Crippen LogP contribution < -0.4 is 5.32 Å². The van der Waals surface area contributed by atoms with Crippen LogP contribution in [-0.4, -0.2) is 33.9 Å². The molecule has 6 heteroatoms. The van der Waals surface area contributed by atoms with E-state index in [0.717, 1.165) is 18.7 Å². The minimum atomic E-state index is -0.389. The summed E-state index contributed by atoms with van der Waals surface area (Å²) in [6.45, 7) is 2.20. The van der Waals surface area contributed by atoms with Crippen LogP contribution in [-0.2, 0) is 11.2 Å². The average molecular weight is 281 g/mol. The summed E-state index contributed by atoms with van der Waals surface area (Å²) in [4.78, 5) is 11.6. The molecule has 1 aromatic rings. The van der Waals surface area contributed by atoms with E-state index in [1.54, 1.807) is 6.92 Å². The number of hydrogen-bond donors (Lipinski definition) is 2. The van der Waals surface area contributed by atoms with E-state index in [9.17, 15) is 4.79 Å². The van der Waals surface area contributed by atoms with Crippen LogP contribution in [0.25, 0.3) is 0 Å². The lowest BCUT2D eigenvalue weighted by Crippen LogP contribution is -2.26. The van der Waals surface area contributed by atoms with Crippen molar-refractivity contribution in [1.29, 1.82) is 0 Å². The van der Waals surface area contributed by atoms with Gasteiger partial charge in [0.25, 0.3) is 0 Å². The summed E-state index contributed by atoms with van der Waals surface area (Å²) in [5.41, 5.74) is 0. The third-order valence-electron chi connectivity index (χ3n) is 3.64. The summed E-state index contributed by atoms with van der Waals surface area (Å²) >= 11 is 0. The maximum absolute atomic E-state index is 11.6. The molecule has 0 saturated heterocycles. The van der Waals surface area contributed by atoms with Crippen molar-refractivity contribution in [2.24, 2.45) is 0 Å². The Balaban J connectivity index is 1.69. The van der Waals surface area contributed by atoms with Crippen LogP contribution >= 0.6 is 0 Å². The molecular formula is C14H23N3O3. The Kier molecular flexibility index (Phi) is 5.52. The molecule has 112 valence electrons. The molecule has 1 heterocycles. The fourth-order valence-electron chi connectivity index (χ4n) is 2.43. The lowest BCUT2D eigenvalue weighted by molar-refractivity contribution is -0.121. The number of amides is 1. The number of aliphatic hydroxyl groups excluding tert-OH is 1. The molecular weight excluding hydrogens is 258 g/mol. The fraction of sp³-hybridized carbons (Fsp3) is 0.786. The first kappa shape index (κ1) is 15.0. The molecule has 2 N–H and O–H groups in total. The van der Waals surface area contributed by atoms with Gasteiger partial charge in [-0.1, -0.05) is 12.8 Å². The first-order valence-corrected chi connectivity index (χ1v) is 7.42. The van der Waals surface area contributed by atoms with Crippen molar-refractivity contribution < 1.29 is 14.3 Å². The van der Waals surface area contributed by atoms with Gasteiger partial charge in [0.1, 0.15) is 0 Å². The molecule has 1 aliphatic carbocycles. The standard InChI is InChI=1S/C14H23N3O3/c1-10(18)8-9-15-12(19)6-7-13-16-17-14(20-13)11-4-2-3-5-11/h10-11,18H,2-9H2,1H3,(H,15,19). The second kappa shape index (κ2) is 7.38. The second-order valence-corrected chi connectivity index (χ2v) is 5.50. The van der Waals surface area contributed by atoms with Gasteiger partial charge in [0.2, 0.25) is 17.7 Å². The quantitative estimate of drug-likeness (QED) is 0.791. The Labute approximate surface area is 119 Å². The number of carbonyl (C=O) groups excluding carboxylic acids is 1. The fourth-order valence-corrected chi connectivity index (χ4v) is 2.43. The van der Waals surface area contributed by atoms with E-state index in [4.69, 9.17) is 9.52 Å². The molecule has 2 rings (SSSR count). The SMILES string of the molecule is CC(O)CCNC(=O)CCc1nnc(C2CCCC2)o1. The highest BCUT2D eigenvalue weighted by Gasteiger charge is 2.22. The number of hydrogen-bond acceptors (Lipinski definition) is 5. The van der Waals surface area contributed by atoms with Gasteiger partial charge in [0.05, 0.1) is 6.10 Å². The van der Waals surface area contributed by atoms with Crippen molar-refractivity contribution in [3.8, 4) is 0 Å². The predicted octanol–water partition coefficient (Wildman–Crippen LogP) is 1.55. The maximum atomic E-state index is 11.6. The Morgan fingerprint density at radius 3 is 2.90 bits per heavy atom. The van der Waals surface area contributed by atoms with Gasteiger partial charge in [-0.05, 0) is 26.2 Å². The highest BCUT2D eigenvalue weighted by atomic mass is 16.4. The van der Waals surface area contributed by atoms with E-state index < -0.39 is 0 Å². The number of carbonyl (C=O) groups is 1. The van der Waals surface area contributed by atoms with Crippen LogP contribution in [0.3, 0.4) is 0 Å². The average Bonchev–Trinajstić information content (AvgIpc) is 3.06. The third-order valence-corrected chi connectivity index (χ3v) is 3.64. The summed E-state index contributed by atoms with van der Waals surface area (Å²) in [5, 5.41) is 19.9. The van der Waals surface area contributed by atoms with E-state index in [0.29, 0.717) is 37.6 Å². The Morgan fingerprint density at radius 1 is 1.45 bits per heavy atom. The van der Waals surface area contributed by atoms with Crippen molar-refractivity contribution in [2.75, 3.05) is 6.54 Å². The van der Waals surface area contributed by atoms with E-state index in [1.807, 2.05) is 0 Å². The topological polar surface area (TPSA) is 88.2 Å². The van der Waals surface area contributed by atoms with Crippen LogP contribution in [0.2, 0.25) is 0 Å². The molecule has 6 nitrogen and oxygen atoms in total. The van der Waals surface area contributed by atoms with Crippen molar-refractivity contribution in [3.63, 3.8) is 0 Å².